The first kappa shape index (κ1) is 24.0. The van der Waals surface area contributed by atoms with E-state index >= 15 is 0 Å². The van der Waals surface area contributed by atoms with E-state index in [-0.39, 0.29) is 24.0 Å². The Morgan fingerprint density at radius 2 is 2.14 bits per heavy atom. The third-order valence-electron chi connectivity index (χ3n) is 5.14. The van der Waals surface area contributed by atoms with Gasteiger partial charge < -0.3 is 19.5 Å². The Balaban J connectivity index is 0.00000300. The quantitative estimate of drug-likeness (QED) is 0.252. The van der Waals surface area contributed by atoms with Crippen molar-refractivity contribution in [2.75, 3.05) is 32.8 Å². The molecule has 1 aliphatic heterocycles. The zero-order valence-corrected chi connectivity index (χ0v) is 20.2. The molecule has 1 aliphatic rings. The van der Waals surface area contributed by atoms with Crippen LogP contribution in [0, 0.1) is 5.92 Å². The minimum Gasteiger partial charge on any atom is -0.375 e. The second kappa shape index (κ2) is 12.4. The fraction of sp³-hybridized carbons (Fsp3) is 0.524. The van der Waals surface area contributed by atoms with Gasteiger partial charge in [0.2, 0.25) is 0 Å². The number of likely N-dealkylation sites (tertiary alicyclic amines) is 1. The van der Waals surface area contributed by atoms with Gasteiger partial charge in [-0.25, -0.2) is 4.98 Å². The molecular formula is C21H31ClIN5O. The summed E-state index contributed by atoms with van der Waals surface area (Å²) in [5.41, 5.74) is 1.12. The number of halogens is 2. The summed E-state index contributed by atoms with van der Waals surface area (Å²) in [4.78, 5) is 11.4. The molecule has 29 heavy (non-hydrogen) atoms. The molecule has 0 saturated carbocycles. The lowest BCUT2D eigenvalue weighted by molar-refractivity contribution is 0.128. The number of guanidine groups is 1. The van der Waals surface area contributed by atoms with Gasteiger partial charge in [0.05, 0.1) is 32.1 Å². The molecule has 3 rings (SSSR count). The van der Waals surface area contributed by atoms with Crippen LogP contribution in [-0.4, -0.2) is 53.2 Å². The number of aliphatic imine (C=N–C) groups is 1. The molecule has 160 valence electrons. The van der Waals surface area contributed by atoms with Gasteiger partial charge in [-0.2, -0.15) is 0 Å². The number of imidazole rings is 1. The molecule has 1 aromatic heterocycles. The Morgan fingerprint density at radius 3 is 2.83 bits per heavy atom. The van der Waals surface area contributed by atoms with E-state index < -0.39 is 0 Å². The van der Waals surface area contributed by atoms with Crippen molar-refractivity contribution in [2.24, 2.45) is 10.9 Å². The molecule has 1 aromatic carbocycles. The SMILES string of the molecule is CCNC(=NCCOCc1ccc(Cl)cc1)N1CCC(C)C(n2ccnc2)C1.I. The number of hydrogen-bond acceptors (Lipinski definition) is 3. The van der Waals surface area contributed by atoms with Crippen LogP contribution < -0.4 is 5.32 Å². The first-order valence-electron chi connectivity index (χ1n) is 10.00. The van der Waals surface area contributed by atoms with Crippen LogP contribution in [0.15, 0.2) is 48.0 Å². The van der Waals surface area contributed by atoms with Crippen molar-refractivity contribution in [3.8, 4) is 0 Å². The average Bonchev–Trinajstić information content (AvgIpc) is 3.23. The lowest BCUT2D eigenvalue weighted by Gasteiger charge is -2.39. The first-order chi connectivity index (χ1) is 13.7. The molecule has 1 fully saturated rings. The Kier molecular flexibility index (Phi) is 10.2. The molecule has 2 unspecified atom stereocenters. The summed E-state index contributed by atoms with van der Waals surface area (Å²) >= 11 is 5.91. The van der Waals surface area contributed by atoms with Crippen LogP contribution in [0.1, 0.15) is 31.9 Å². The molecule has 8 heteroatoms. The molecule has 2 atom stereocenters. The fourth-order valence-corrected chi connectivity index (χ4v) is 3.63. The second-order valence-electron chi connectivity index (χ2n) is 7.20. The van der Waals surface area contributed by atoms with Crippen molar-refractivity contribution in [3.63, 3.8) is 0 Å². The predicted octanol–water partition coefficient (Wildman–Crippen LogP) is 4.22. The maximum Gasteiger partial charge on any atom is 0.194 e. The van der Waals surface area contributed by atoms with Crippen molar-refractivity contribution < 1.29 is 4.74 Å². The molecule has 0 amide bonds. The van der Waals surface area contributed by atoms with E-state index in [0.29, 0.717) is 31.7 Å². The molecule has 0 radical (unpaired) electrons. The van der Waals surface area contributed by atoms with E-state index in [2.05, 4.69) is 39.8 Å². The standard InChI is InChI=1S/C21H30ClN5O.HI/c1-3-24-21(25-10-13-28-15-18-4-6-19(22)7-5-18)26-11-8-17(2)20(14-26)27-12-9-23-16-27;/h4-7,9,12,16-17,20H,3,8,10-11,13-15H2,1-2H3,(H,24,25);1H. The fourth-order valence-electron chi connectivity index (χ4n) is 3.51. The number of rotatable bonds is 7. The van der Waals surface area contributed by atoms with Gasteiger partial charge in [0.1, 0.15) is 0 Å². The number of nitrogens with one attached hydrogen (secondary N) is 1. The molecule has 0 bridgehead atoms. The first-order valence-corrected chi connectivity index (χ1v) is 10.4. The van der Waals surface area contributed by atoms with Gasteiger partial charge in [-0.15, -0.1) is 24.0 Å². The number of benzene rings is 1. The van der Waals surface area contributed by atoms with E-state index in [1.807, 2.05) is 36.8 Å². The van der Waals surface area contributed by atoms with Gasteiger partial charge in [0, 0.05) is 37.1 Å². The molecular weight excluding hydrogens is 501 g/mol. The minimum absolute atomic E-state index is 0. The van der Waals surface area contributed by atoms with Crippen LogP contribution in [0.3, 0.4) is 0 Å². The van der Waals surface area contributed by atoms with Gasteiger partial charge in [-0.05, 0) is 37.0 Å². The highest BCUT2D eigenvalue weighted by atomic mass is 127. The highest BCUT2D eigenvalue weighted by Gasteiger charge is 2.28. The maximum atomic E-state index is 5.91. The van der Waals surface area contributed by atoms with Crippen LogP contribution in [0.5, 0.6) is 0 Å². The average molecular weight is 532 g/mol. The highest BCUT2D eigenvalue weighted by Crippen LogP contribution is 2.27. The lowest BCUT2D eigenvalue weighted by Crippen LogP contribution is -2.49. The van der Waals surface area contributed by atoms with Crippen molar-refractivity contribution >= 4 is 41.5 Å². The van der Waals surface area contributed by atoms with Crippen LogP contribution in [0.2, 0.25) is 5.02 Å². The smallest absolute Gasteiger partial charge is 0.194 e. The molecule has 1 saturated heterocycles. The number of ether oxygens (including phenoxy) is 1. The maximum absolute atomic E-state index is 5.91. The summed E-state index contributed by atoms with van der Waals surface area (Å²) in [7, 11) is 0. The van der Waals surface area contributed by atoms with E-state index in [1.54, 1.807) is 0 Å². The molecule has 2 heterocycles. The summed E-state index contributed by atoms with van der Waals surface area (Å²) in [5, 5.41) is 4.17. The number of aromatic nitrogens is 2. The van der Waals surface area contributed by atoms with Crippen molar-refractivity contribution in [3.05, 3.63) is 53.6 Å². The van der Waals surface area contributed by atoms with E-state index in [9.17, 15) is 0 Å². The van der Waals surface area contributed by atoms with Gasteiger partial charge in [-0.3, -0.25) is 4.99 Å². The summed E-state index contributed by atoms with van der Waals surface area (Å²) in [6, 6.07) is 8.16. The van der Waals surface area contributed by atoms with Gasteiger partial charge in [0.15, 0.2) is 5.96 Å². The Hall–Kier alpha value is -1.32. The summed E-state index contributed by atoms with van der Waals surface area (Å²) < 4.78 is 7.98. The van der Waals surface area contributed by atoms with Crippen LogP contribution in [0.4, 0.5) is 0 Å². The molecule has 1 N–H and O–H groups in total. The van der Waals surface area contributed by atoms with Crippen LogP contribution >= 0.6 is 35.6 Å². The monoisotopic (exact) mass is 531 g/mol. The van der Waals surface area contributed by atoms with Crippen molar-refractivity contribution in [2.45, 2.75) is 32.9 Å². The summed E-state index contributed by atoms with van der Waals surface area (Å²) in [6.45, 7) is 9.03. The third-order valence-corrected chi connectivity index (χ3v) is 5.39. The zero-order chi connectivity index (χ0) is 19.8. The zero-order valence-electron chi connectivity index (χ0n) is 17.1. The predicted molar refractivity (Wildman–Crippen MR) is 129 cm³/mol. The Labute approximate surface area is 195 Å². The number of piperidine rings is 1. The highest BCUT2D eigenvalue weighted by molar-refractivity contribution is 14.0. The Bertz CT molecular complexity index is 738. The summed E-state index contributed by atoms with van der Waals surface area (Å²) in [5.74, 6) is 1.59. The second-order valence-corrected chi connectivity index (χ2v) is 7.64. The molecule has 2 aromatic rings. The van der Waals surface area contributed by atoms with E-state index in [0.717, 1.165) is 42.6 Å². The topological polar surface area (TPSA) is 54.7 Å². The largest absolute Gasteiger partial charge is 0.375 e. The lowest BCUT2D eigenvalue weighted by atomic mass is 9.93. The Morgan fingerprint density at radius 1 is 1.34 bits per heavy atom. The molecule has 0 aliphatic carbocycles. The van der Waals surface area contributed by atoms with Crippen molar-refractivity contribution in [1.29, 1.82) is 0 Å². The normalized spacial score (nSPS) is 19.7. The van der Waals surface area contributed by atoms with E-state index in [4.69, 9.17) is 21.3 Å². The van der Waals surface area contributed by atoms with Gasteiger partial charge in [0.25, 0.3) is 0 Å². The molecule has 0 spiro atoms. The summed E-state index contributed by atoms with van der Waals surface area (Å²) in [6.07, 6.45) is 6.96. The number of hydrogen-bond donors (Lipinski definition) is 1. The van der Waals surface area contributed by atoms with Crippen molar-refractivity contribution in [1.82, 2.24) is 19.8 Å². The van der Waals surface area contributed by atoms with Crippen LogP contribution in [0.25, 0.3) is 0 Å². The van der Waals surface area contributed by atoms with Gasteiger partial charge in [-0.1, -0.05) is 30.7 Å². The van der Waals surface area contributed by atoms with Crippen LogP contribution in [-0.2, 0) is 11.3 Å². The van der Waals surface area contributed by atoms with Gasteiger partial charge >= 0.3 is 0 Å². The molecule has 6 nitrogen and oxygen atoms in total. The minimum atomic E-state index is 0. The number of nitrogens with zero attached hydrogens (tertiary/aromatic N) is 4. The third kappa shape index (κ3) is 7.15. The van der Waals surface area contributed by atoms with E-state index in [1.165, 1.54) is 0 Å².